The third-order valence-electron chi connectivity index (χ3n) is 6.66. The number of anilines is 2. The smallest absolute Gasteiger partial charge is 0.380 e. The first-order valence-electron chi connectivity index (χ1n) is 10.7. The van der Waals surface area contributed by atoms with Gasteiger partial charge in [0.2, 0.25) is 0 Å². The number of hydrogen-bond donors (Lipinski definition) is 1. The highest BCUT2D eigenvalue weighted by atomic mass is 19.4. The quantitative estimate of drug-likeness (QED) is 0.502. The Labute approximate surface area is 187 Å². The van der Waals surface area contributed by atoms with E-state index < -0.39 is 11.7 Å². The van der Waals surface area contributed by atoms with E-state index in [1.54, 1.807) is 6.07 Å². The van der Waals surface area contributed by atoms with Gasteiger partial charge in [0.25, 0.3) is 0 Å². The van der Waals surface area contributed by atoms with Crippen molar-refractivity contribution in [2.45, 2.75) is 19.6 Å². The standard InChI is InChI=1S/C23H21F3N6O/c1-14-15(3-2-4-19(14)23(24,25)26)8-27-20-18-7-16(31-9-22(10-31)11-33-12-22)5-6-17(18)21-28-13-29-32(21)30-20/h2-7,13H,8-12H2,1H3,(H,27,30). The number of nitrogens with one attached hydrogen (secondary N) is 1. The van der Waals surface area contributed by atoms with Crippen molar-refractivity contribution >= 4 is 27.9 Å². The van der Waals surface area contributed by atoms with Gasteiger partial charge < -0.3 is 15.0 Å². The van der Waals surface area contributed by atoms with Crippen LogP contribution in [0.15, 0.2) is 42.7 Å². The number of alkyl halides is 3. The van der Waals surface area contributed by atoms with Gasteiger partial charge in [0.15, 0.2) is 11.5 Å². The number of fused-ring (bicyclic) bond motifs is 3. The third-order valence-corrected chi connectivity index (χ3v) is 6.66. The summed E-state index contributed by atoms with van der Waals surface area (Å²) in [5.41, 5.74) is 2.13. The molecule has 2 aromatic carbocycles. The molecule has 0 aliphatic carbocycles. The fourth-order valence-corrected chi connectivity index (χ4v) is 4.77. The minimum absolute atomic E-state index is 0.201. The van der Waals surface area contributed by atoms with Crippen LogP contribution in [0.1, 0.15) is 16.7 Å². The number of benzene rings is 2. The van der Waals surface area contributed by atoms with Crippen molar-refractivity contribution in [2.75, 3.05) is 36.5 Å². The Morgan fingerprint density at radius 3 is 2.67 bits per heavy atom. The Balaban J connectivity index is 1.35. The molecule has 2 aromatic heterocycles. The van der Waals surface area contributed by atoms with Crippen LogP contribution < -0.4 is 10.2 Å². The van der Waals surface area contributed by atoms with E-state index in [2.05, 4.69) is 37.5 Å². The molecule has 0 atom stereocenters. The van der Waals surface area contributed by atoms with Gasteiger partial charge in [-0.3, -0.25) is 0 Å². The topological polar surface area (TPSA) is 67.6 Å². The van der Waals surface area contributed by atoms with Crippen LogP contribution in [0.4, 0.5) is 24.7 Å². The zero-order valence-corrected chi connectivity index (χ0v) is 17.9. The van der Waals surface area contributed by atoms with Gasteiger partial charge in [-0.1, -0.05) is 12.1 Å². The molecular formula is C23H21F3N6O. The first kappa shape index (κ1) is 20.2. The van der Waals surface area contributed by atoms with E-state index in [0.29, 0.717) is 17.0 Å². The summed E-state index contributed by atoms with van der Waals surface area (Å²) in [6.07, 6.45) is -2.95. The molecule has 2 saturated heterocycles. The molecular weight excluding hydrogens is 433 g/mol. The fraction of sp³-hybridized carbons (Fsp3) is 0.348. The van der Waals surface area contributed by atoms with Crippen molar-refractivity contribution in [3.63, 3.8) is 0 Å². The summed E-state index contributed by atoms with van der Waals surface area (Å²) in [6, 6.07) is 10.3. The number of aromatic nitrogens is 4. The first-order chi connectivity index (χ1) is 15.8. The van der Waals surface area contributed by atoms with Crippen molar-refractivity contribution in [2.24, 2.45) is 5.41 Å². The molecule has 4 heterocycles. The van der Waals surface area contributed by atoms with Crippen molar-refractivity contribution in [3.05, 3.63) is 59.4 Å². The predicted molar refractivity (Wildman–Crippen MR) is 117 cm³/mol. The largest absolute Gasteiger partial charge is 0.416 e. The molecule has 10 heteroatoms. The lowest BCUT2D eigenvalue weighted by Crippen LogP contribution is -2.66. The number of ether oxygens (including phenoxy) is 1. The first-order valence-corrected chi connectivity index (χ1v) is 10.7. The average molecular weight is 454 g/mol. The number of rotatable bonds is 4. The Hall–Kier alpha value is -3.40. The number of halogens is 3. The lowest BCUT2D eigenvalue weighted by atomic mass is 9.77. The molecule has 0 radical (unpaired) electrons. The maximum absolute atomic E-state index is 13.3. The van der Waals surface area contributed by atoms with Crippen LogP contribution in [-0.4, -0.2) is 46.1 Å². The normalized spacial score (nSPS) is 17.4. The maximum atomic E-state index is 13.3. The summed E-state index contributed by atoms with van der Waals surface area (Å²) < 4.78 is 46.8. The molecule has 0 amide bonds. The fourth-order valence-electron chi connectivity index (χ4n) is 4.77. The molecule has 0 bridgehead atoms. The van der Waals surface area contributed by atoms with E-state index in [4.69, 9.17) is 4.74 Å². The van der Waals surface area contributed by atoms with Gasteiger partial charge in [-0.2, -0.15) is 13.2 Å². The van der Waals surface area contributed by atoms with Crippen LogP contribution >= 0.6 is 0 Å². The second kappa shape index (κ2) is 7.05. The Kier molecular flexibility index (Phi) is 4.32. The molecule has 2 aliphatic heterocycles. The summed E-state index contributed by atoms with van der Waals surface area (Å²) in [4.78, 5) is 6.62. The van der Waals surface area contributed by atoms with E-state index in [1.165, 1.54) is 23.9 Å². The van der Waals surface area contributed by atoms with Crippen LogP contribution in [0.2, 0.25) is 0 Å². The van der Waals surface area contributed by atoms with E-state index in [1.807, 2.05) is 6.07 Å². The monoisotopic (exact) mass is 454 g/mol. The van der Waals surface area contributed by atoms with Crippen molar-refractivity contribution in [3.8, 4) is 0 Å². The Morgan fingerprint density at radius 1 is 1.12 bits per heavy atom. The van der Waals surface area contributed by atoms with Crippen LogP contribution in [0.25, 0.3) is 16.4 Å². The van der Waals surface area contributed by atoms with E-state index in [9.17, 15) is 13.2 Å². The zero-order valence-electron chi connectivity index (χ0n) is 17.9. The molecule has 0 saturated carbocycles. The summed E-state index contributed by atoms with van der Waals surface area (Å²) in [5, 5.41) is 13.7. The minimum atomic E-state index is -4.39. The van der Waals surface area contributed by atoms with Crippen molar-refractivity contribution < 1.29 is 17.9 Å². The van der Waals surface area contributed by atoms with Crippen LogP contribution in [-0.2, 0) is 17.5 Å². The van der Waals surface area contributed by atoms with Gasteiger partial charge in [0.1, 0.15) is 6.33 Å². The lowest BCUT2D eigenvalue weighted by Gasteiger charge is -2.56. The molecule has 4 aromatic rings. The van der Waals surface area contributed by atoms with Crippen LogP contribution in [0.3, 0.4) is 0 Å². The highest BCUT2D eigenvalue weighted by Gasteiger charge is 2.49. The number of nitrogens with zero attached hydrogens (tertiary/aromatic N) is 5. The van der Waals surface area contributed by atoms with E-state index in [-0.39, 0.29) is 17.5 Å². The number of hydrogen-bond acceptors (Lipinski definition) is 6. The third kappa shape index (κ3) is 3.28. The van der Waals surface area contributed by atoms with Crippen LogP contribution in [0.5, 0.6) is 0 Å². The van der Waals surface area contributed by atoms with Crippen LogP contribution in [0, 0.1) is 12.3 Å². The molecule has 170 valence electrons. The van der Waals surface area contributed by atoms with Gasteiger partial charge in [-0.25, -0.2) is 4.98 Å². The van der Waals surface area contributed by atoms with E-state index >= 15 is 0 Å². The van der Waals surface area contributed by atoms with Gasteiger partial charge in [0.05, 0.1) is 24.2 Å². The summed E-state index contributed by atoms with van der Waals surface area (Å²) in [6.45, 7) is 5.21. The molecule has 7 nitrogen and oxygen atoms in total. The molecule has 6 rings (SSSR count). The second-order valence-electron chi connectivity index (χ2n) is 8.94. The Morgan fingerprint density at radius 2 is 1.94 bits per heavy atom. The van der Waals surface area contributed by atoms with E-state index in [0.717, 1.165) is 48.8 Å². The average Bonchev–Trinajstić information content (AvgIpc) is 3.18. The molecule has 2 fully saturated rings. The predicted octanol–water partition coefficient (Wildman–Crippen LogP) is 4.05. The van der Waals surface area contributed by atoms with Gasteiger partial charge in [0, 0.05) is 36.1 Å². The van der Waals surface area contributed by atoms with Gasteiger partial charge in [-0.15, -0.1) is 14.8 Å². The lowest BCUT2D eigenvalue weighted by molar-refractivity contribution is -0.138. The highest BCUT2D eigenvalue weighted by molar-refractivity contribution is 6.01. The molecule has 1 spiro atoms. The molecule has 33 heavy (non-hydrogen) atoms. The summed E-state index contributed by atoms with van der Waals surface area (Å²) in [7, 11) is 0. The summed E-state index contributed by atoms with van der Waals surface area (Å²) in [5.74, 6) is 0.545. The zero-order chi connectivity index (χ0) is 22.8. The van der Waals surface area contributed by atoms with Gasteiger partial charge >= 0.3 is 6.18 Å². The molecule has 0 unspecified atom stereocenters. The molecule has 1 N–H and O–H groups in total. The van der Waals surface area contributed by atoms with Crippen molar-refractivity contribution in [1.29, 1.82) is 0 Å². The Bertz CT molecular complexity index is 1370. The maximum Gasteiger partial charge on any atom is 0.416 e. The van der Waals surface area contributed by atoms with Crippen molar-refractivity contribution in [1.82, 2.24) is 19.8 Å². The SMILES string of the molecule is Cc1c(CNc2nn3ncnc3c3ccc(N4CC5(COC5)C4)cc23)cccc1C(F)(F)F. The second-order valence-corrected chi connectivity index (χ2v) is 8.94. The minimum Gasteiger partial charge on any atom is -0.380 e. The molecule has 2 aliphatic rings. The van der Waals surface area contributed by atoms with Gasteiger partial charge in [-0.05, 0) is 42.3 Å². The highest BCUT2D eigenvalue weighted by Crippen LogP contribution is 2.41. The summed E-state index contributed by atoms with van der Waals surface area (Å²) >= 11 is 0.